The van der Waals surface area contributed by atoms with Crippen LogP contribution in [0.3, 0.4) is 0 Å². The number of fused-ring (bicyclic) bond motifs is 1. The van der Waals surface area contributed by atoms with Gasteiger partial charge in [-0.1, -0.05) is 38.1 Å². The lowest BCUT2D eigenvalue weighted by Gasteiger charge is -2.26. The molecular formula is C36H40N5O9S-. The number of aromatic nitrogens is 1. The normalized spacial score (nSPS) is 13.3. The number of rotatable bonds is 19. The highest BCUT2D eigenvalue weighted by Crippen LogP contribution is 2.32. The molecule has 1 aliphatic rings. The van der Waals surface area contributed by atoms with Crippen LogP contribution in [0.1, 0.15) is 83.4 Å². The number of pyridine rings is 1. The smallest absolute Gasteiger partial charge is 0.347 e. The van der Waals surface area contributed by atoms with Gasteiger partial charge in [-0.25, -0.2) is 9.78 Å². The fraction of sp³-hybridized carbons (Fsp3) is 0.333. The van der Waals surface area contributed by atoms with Gasteiger partial charge < -0.3 is 25.7 Å². The van der Waals surface area contributed by atoms with E-state index in [2.05, 4.69) is 42.1 Å². The molecule has 0 unspecified atom stereocenters. The maximum Gasteiger partial charge on any atom is 0.347 e. The molecule has 15 heteroatoms. The maximum absolute atomic E-state index is 13.1. The number of amides is 2. The molecule has 1 aromatic heterocycles. The molecule has 0 fully saturated rings. The number of hydrazone groups is 1. The van der Waals surface area contributed by atoms with E-state index in [1.807, 2.05) is 12.1 Å². The number of hydrogen-bond donors (Lipinski definition) is 4. The highest BCUT2D eigenvalue weighted by molar-refractivity contribution is 7.94. The molecule has 1 aliphatic carbocycles. The lowest BCUT2D eigenvalue weighted by Crippen LogP contribution is -2.55. The van der Waals surface area contributed by atoms with Gasteiger partial charge >= 0.3 is 5.97 Å². The van der Waals surface area contributed by atoms with Crippen LogP contribution in [0.2, 0.25) is 0 Å². The summed E-state index contributed by atoms with van der Waals surface area (Å²) in [6, 6.07) is 13.5. The summed E-state index contributed by atoms with van der Waals surface area (Å²) in [5.74, 6) is -1.55. The van der Waals surface area contributed by atoms with E-state index in [4.69, 9.17) is 4.74 Å². The lowest BCUT2D eigenvalue weighted by molar-refractivity contribution is -0.777. The number of ketones is 1. The quantitative estimate of drug-likeness (QED) is 0.0257. The van der Waals surface area contributed by atoms with Crippen molar-refractivity contribution in [3.05, 3.63) is 95.2 Å². The van der Waals surface area contributed by atoms with E-state index in [0.717, 1.165) is 47.3 Å². The number of allylic oxidation sites excluding steroid dienone is 1. The number of unbranched alkanes of at least 4 members (excludes halogenated alkanes) is 1. The Morgan fingerprint density at radius 2 is 1.92 bits per heavy atom. The summed E-state index contributed by atoms with van der Waals surface area (Å²) in [5.41, 5.74) is 5.24. The van der Waals surface area contributed by atoms with Gasteiger partial charge in [0.05, 0.1) is 30.4 Å². The van der Waals surface area contributed by atoms with Gasteiger partial charge in [-0.2, -0.15) is 9.44 Å². The molecule has 2 amide bonds. The molecule has 1 atom stereocenters. The highest BCUT2D eigenvalue weighted by atomic mass is 32.2. The third-order valence-corrected chi connectivity index (χ3v) is 8.89. The zero-order valence-corrected chi connectivity index (χ0v) is 29.1. The van der Waals surface area contributed by atoms with E-state index in [1.54, 1.807) is 44.2 Å². The van der Waals surface area contributed by atoms with Crippen molar-refractivity contribution in [3.63, 3.8) is 0 Å². The van der Waals surface area contributed by atoms with Gasteiger partial charge in [-0.15, -0.1) is 6.58 Å². The number of hydrogen-bond acceptors (Lipinski definition) is 12. The summed E-state index contributed by atoms with van der Waals surface area (Å²) in [7, 11) is 0. The molecule has 0 spiro atoms. The number of Topliss-reactive ketones (excluding diaryl/α,β-unsaturated/α-hetero) is 1. The number of nitrogens with zero attached hydrogens (tertiary/aromatic N) is 2. The van der Waals surface area contributed by atoms with Gasteiger partial charge in [0.15, 0.2) is 5.78 Å². The fourth-order valence-electron chi connectivity index (χ4n) is 5.42. The number of aliphatic carboxylic acids is 1. The summed E-state index contributed by atoms with van der Waals surface area (Å²) in [6.07, 6.45) is 7.33. The fourth-order valence-corrected chi connectivity index (χ4v) is 5.88. The molecular weight excluding hydrogens is 678 g/mol. The Labute approximate surface area is 299 Å². The van der Waals surface area contributed by atoms with Gasteiger partial charge in [0.25, 0.3) is 5.91 Å². The van der Waals surface area contributed by atoms with Crippen molar-refractivity contribution in [3.8, 4) is 5.75 Å². The van der Waals surface area contributed by atoms with E-state index in [0.29, 0.717) is 55.0 Å². The molecule has 270 valence electrons. The van der Waals surface area contributed by atoms with Crippen molar-refractivity contribution in [1.82, 2.24) is 15.6 Å². The number of carbonyl (C=O) groups excluding carboxylic acids is 3. The number of benzene rings is 2. The summed E-state index contributed by atoms with van der Waals surface area (Å²) in [6.45, 7) is 7.66. The number of anilines is 1. The predicted octanol–water partition coefficient (Wildman–Crippen LogP) is 4.54. The third kappa shape index (κ3) is 10.9. The maximum atomic E-state index is 13.1. The molecule has 0 bridgehead atoms. The third-order valence-electron chi connectivity index (χ3n) is 8.21. The monoisotopic (exact) mass is 718 g/mol. The van der Waals surface area contributed by atoms with Crippen LogP contribution in [0.5, 0.6) is 5.75 Å². The predicted molar refractivity (Wildman–Crippen MR) is 188 cm³/mol. The van der Waals surface area contributed by atoms with Crippen molar-refractivity contribution in [2.45, 2.75) is 69.9 Å². The first-order chi connectivity index (χ1) is 24.5. The second-order valence-corrected chi connectivity index (χ2v) is 13.0. The van der Waals surface area contributed by atoms with Crippen LogP contribution in [0, 0.1) is 5.41 Å². The number of nitrogens with one attached hydrogen (secondary N) is 3. The Kier molecular flexibility index (Phi) is 14.3. The summed E-state index contributed by atoms with van der Waals surface area (Å²) in [5, 5.41) is 32.1. The number of carboxylic acids is 1. The molecule has 0 saturated carbocycles. The summed E-state index contributed by atoms with van der Waals surface area (Å²) in [4.78, 5) is 55.0. The average molecular weight is 719 g/mol. The zero-order chi connectivity index (χ0) is 36.8. The molecule has 2 aromatic carbocycles. The van der Waals surface area contributed by atoms with Crippen LogP contribution in [0.4, 0.5) is 5.82 Å². The lowest BCUT2D eigenvalue weighted by atomic mass is 9.85. The number of carboxylic acid groups (broad SMARTS) is 1. The Bertz CT molecular complexity index is 1750. The van der Waals surface area contributed by atoms with Gasteiger partial charge in [-0.05, 0) is 74.4 Å². The highest BCUT2D eigenvalue weighted by Gasteiger charge is 2.32. The van der Waals surface area contributed by atoms with E-state index >= 15 is 0 Å². The molecule has 0 saturated heterocycles. The van der Waals surface area contributed by atoms with E-state index in [9.17, 15) is 29.5 Å². The van der Waals surface area contributed by atoms with Crippen LogP contribution < -0.4 is 26.1 Å². The number of carbonyl (C=O) groups is 4. The Hall–Kier alpha value is -5.09. The van der Waals surface area contributed by atoms with Crippen molar-refractivity contribution < 1.29 is 43.7 Å². The zero-order valence-electron chi connectivity index (χ0n) is 28.3. The van der Waals surface area contributed by atoms with Crippen LogP contribution in [-0.4, -0.2) is 52.6 Å². The second kappa shape index (κ2) is 18.8. The molecule has 14 nitrogen and oxygen atoms in total. The Morgan fingerprint density at radius 3 is 2.65 bits per heavy atom. The van der Waals surface area contributed by atoms with E-state index in [1.165, 1.54) is 24.5 Å². The SMILES string of the molecule is C=CCc1c(OCCCCC(C)(C)C(=O)N[C@@H](NC(=O)c2ccc(N/N=C/c3ccccc3SOO[O-])nc2)C(=O)O)ccc2c1CCCC2=O. The minimum absolute atomic E-state index is 0.0579. The molecule has 4 N–H and O–H groups in total. The van der Waals surface area contributed by atoms with Crippen LogP contribution in [0.15, 0.2) is 77.4 Å². The molecule has 51 heavy (non-hydrogen) atoms. The van der Waals surface area contributed by atoms with Crippen LogP contribution in [-0.2, 0) is 31.8 Å². The van der Waals surface area contributed by atoms with Gasteiger partial charge in [0.1, 0.15) is 11.6 Å². The van der Waals surface area contributed by atoms with E-state index in [-0.39, 0.29) is 11.3 Å². The molecule has 0 radical (unpaired) electrons. The first-order valence-electron chi connectivity index (χ1n) is 16.3. The topological polar surface area (TPSA) is 201 Å². The Balaban J connectivity index is 1.25. The molecule has 0 aliphatic heterocycles. The summed E-state index contributed by atoms with van der Waals surface area (Å²) >= 11 is 0.723. The minimum atomic E-state index is -1.68. The summed E-state index contributed by atoms with van der Waals surface area (Å²) < 4.78 is 10.4. The van der Waals surface area contributed by atoms with Crippen molar-refractivity contribution >= 4 is 47.6 Å². The van der Waals surface area contributed by atoms with Crippen LogP contribution in [0.25, 0.3) is 0 Å². The van der Waals surface area contributed by atoms with Crippen molar-refractivity contribution in [2.24, 2.45) is 10.5 Å². The van der Waals surface area contributed by atoms with Gasteiger partial charge in [0.2, 0.25) is 12.1 Å². The largest absolute Gasteiger partial charge is 0.691 e. The Morgan fingerprint density at radius 1 is 1.12 bits per heavy atom. The van der Waals surface area contributed by atoms with E-state index < -0.39 is 29.4 Å². The van der Waals surface area contributed by atoms with Gasteiger partial charge in [-0.3, -0.25) is 24.8 Å². The van der Waals surface area contributed by atoms with Crippen molar-refractivity contribution in [1.29, 1.82) is 0 Å². The number of ether oxygens (including phenoxy) is 1. The minimum Gasteiger partial charge on any atom is -0.691 e. The first kappa shape index (κ1) is 38.7. The molecule has 4 rings (SSSR count). The second-order valence-electron chi connectivity index (χ2n) is 12.3. The molecule has 1 heterocycles. The standard InChI is InChI=1S/C36H41N5O9S/c1-4-10-27-25-12-9-13-28(42)26(25)16-17-29(27)48-20-8-7-19-36(2,3)35(46)40-32(34(44)45)39-33(43)24-15-18-31(37-21-24)41-38-22-23-11-5-6-14-30(23)51-50-49-47/h4-6,11,14-18,21-22,32,47H,1,7-10,12-13,19-20H2,2-3H3,(H,37,41)(H,39,43)(H,40,46)(H,44,45)/p-1/b38-22+/t32-/m1/s1. The van der Waals surface area contributed by atoms with Crippen molar-refractivity contribution in [2.75, 3.05) is 12.0 Å². The average Bonchev–Trinajstić information content (AvgIpc) is 3.11. The van der Waals surface area contributed by atoms with Gasteiger partial charge in [0, 0.05) is 39.6 Å². The molecule has 3 aromatic rings. The first-order valence-corrected chi connectivity index (χ1v) is 17.0. The van der Waals surface area contributed by atoms with Crippen LogP contribution >= 0.6 is 12.0 Å².